The van der Waals surface area contributed by atoms with Gasteiger partial charge in [-0.1, -0.05) is 60.7 Å². The van der Waals surface area contributed by atoms with Crippen molar-refractivity contribution in [3.8, 4) is 11.1 Å². The maximum Gasteiger partial charge on any atom is 0.338 e. The van der Waals surface area contributed by atoms with Crippen molar-refractivity contribution in [2.75, 3.05) is 0 Å². The van der Waals surface area contributed by atoms with Crippen molar-refractivity contribution >= 4 is 5.97 Å². The van der Waals surface area contributed by atoms with Gasteiger partial charge in [0.15, 0.2) is 0 Å². The van der Waals surface area contributed by atoms with Gasteiger partial charge in [-0.05, 0) is 11.1 Å². The molecule has 104 valence electrons. The lowest BCUT2D eigenvalue weighted by atomic mass is 10.1. The van der Waals surface area contributed by atoms with Crippen LogP contribution in [-0.4, -0.2) is 21.0 Å². The molecule has 0 spiro atoms. The molecule has 21 heavy (non-hydrogen) atoms. The predicted molar refractivity (Wildman–Crippen MR) is 80.9 cm³/mol. The molecule has 3 rings (SSSR count). The number of hydrogen-bond donors (Lipinski definition) is 1. The van der Waals surface area contributed by atoms with Crippen LogP contribution in [0.25, 0.3) is 11.1 Å². The van der Waals surface area contributed by atoms with Gasteiger partial charge in [0, 0.05) is 12.4 Å². The van der Waals surface area contributed by atoms with Crippen LogP contribution in [-0.2, 0) is 0 Å². The van der Waals surface area contributed by atoms with E-state index >= 15 is 0 Å². The first-order valence-electron chi connectivity index (χ1n) is 6.36. The second-order valence-corrected chi connectivity index (χ2v) is 4.16. The van der Waals surface area contributed by atoms with E-state index in [9.17, 15) is 4.79 Å². The van der Waals surface area contributed by atoms with Gasteiger partial charge in [-0.3, -0.25) is 0 Å². The van der Waals surface area contributed by atoms with Gasteiger partial charge in [0.2, 0.25) is 0 Å². The number of carbonyl (C=O) groups is 1. The van der Waals surface area contributed by atoms with Gasteiger partial charge in [0.25, 0.3) is 0 Å². The van der Waals surface area contributed by atoms with Gasteiger partial charge < -0.3 is 5.11 Å². The van der Waals surface area contributed by atoms with Crippen LogP contribution in [0, 0.1) is 0 Å². The van der Waals surface area contributed by atoms with Crippen molar-refractivity contribution < 1.29 is 9.90 Å². The fourth-order valence-electron chi connectivity index (χ4n) is 1.67. The third-order valence-electron chi connectivity index (χ3n) is 2.69. The van der Waals surface area contributed by atoms with E-state index < -0.39 is 5.97 Å². The van der Waals surface area contributed by atoms with Crippen molar-refractivity contribution in [1.29, 1.82) is 0 Å². The highest BCUT2D eigenvalue weighted by atomic mass is 16.4. The highest BCUT2D eigenvalue weighted by Gasteiger charge is 1.98. The molecule has 0 saturated carbocycles. The zero-order valence-corrected chi connectivity index (χ0v) is 11.3. The molecule has 0 saturated heterocycles. The Kier molecular flexibility index (Phi) is 5.18. The first-order chi connectivity index (χ1) is 10.3. The van der Waals surface area contributed by atoms with Crippen LogP contribution in [0.4, 0.5) is 0 Å². The molecule has 1 N–H and O–H groups in total. The van der Waals surface area contributed by atoms with Gasteiger partial charge in [0.1, 0.15) is 6.33 Å². The molecule has 1 heterocycles. The first-order valence-corrected chi connectivity index (χ1v) is 6.36. The molecular formula is C17H14N2O2. The molecule has 0 atom stereocenters. The van der Waals surface area contributed by atoms with Crippen molar-refractivity contribution in [2.24, 2.45) is 0 Å². The first kappa shape index (κ1) is 14.4. The highest BCUT2D eigenvalue weighted by molar-refractivity contribution is 5.86. The predicted octanol–water partition coefficient (Wildman–Crippen LogP) is 3.53. The Morgan fingerprint density at radius 3 is 1.52 bits per heavy atom. The molecule has 0 unspecified atom stereocenters. The van der Waals surface area contributed by atoms with Gasteiger partial charge >= 0.3 is 5.97 Å². The summed E-state index contributed by atoms with van der Waals surface area (Å²) in [4.78, 5) is 17.1. The Balaban J connectivity index is 0.000000161. The number of carboxylic acid groups (broad SMARTS) is 1. The summed E-state index contributed by atoms with van der Waals surface area (Å²) in [5.41, 5.74) is 2.66. The zero-order valence-electron chi connectivity index (χ0n) is 11.3. The molecule has 0 aliphatic rings. The minimum absolute atomic E-state index is 0.109. The normalized spacial score (nSPS) is 9.33. The average molecular weight is 278 g/mol. The summed E-state index contributed by atoms with van der Waals surface area (Å²) >= 11 is 0. The van der Waals surface area contributed by atoms with Crippen LogP contribution in [0.1, 0.15) is 10.4 Å². The van der Waals surface area contributed by atoms with Crippen LogP contribution in [0.2, 0.25) is 0 Å². The monoisotopic (exact) mass is 278 g/mol. The minimum Gasteiger partial charge on any atom is -0.478 e. The van der Waals surface area contributed by atoms with E-state index in [-0.39, 0.29) is 5.56 Å². The number of aromatic carboxylic acids is 1. The average Bonchev–Trinajstić information content (AvgIpc) is 2.58. The molecule has 0 fully saturated rings. The Morgan fingerprint density at radius 2 is 1.19 bits per heavy atom. The molecule has 0 aliphatic heterocycles. The lowest BCUT2D eigenvalue weighted by Gasteiger charge is -1.98. The lowest BCUT2D eigenvalue weighted by molar-refractivity contribution is 0.0696. The van der Waals surface area contributed by atoms with E-state index in [2.05, 4.69) is 58.5 Å². The Labute approximate surface area is 122 Å². The maximum atomic E-state index is 10.1. The number of nitrogens with zero attached hydrogens (tertiary/aromatic N) is 2. The van der Waals surface area contributed by atoms with E-state index in [0.29, 0.717) is 0 Å². The molecule has 1 aromatic heterocycles. The molecule has 4 heteroatoms. The van der Waals surface area contributed by atoms with Crippen LogP contribution in [0.3, 0.4) is 0 Å². The standard InChI is InChI=1S/C12H10.C5H4N2O2/c1-3-7-11(8-4-1)12-9-5-2-6-10-12;8-5(9)4-1-6-3-7-2-4/h1-10H;1-3H,(H,8,9). The smallest absolute Gasteiger partial charge is 0.338 e. The largest absolute Gasteiger partial charge is 0.478 e. The summed E-state index contributed by atoms with van der Waals surface area (Å²) in [6.45, 7) is 0. The molecule has 0 bridgehead atoms. The Bertz CT molecular complexity index is 633. The van der Waals surface area contributed by atoms with E-state index in [4.69, 9.17) is 5.11 Å². The summed E-state index contributed by atoms with van der Waals surface area (Å²) in [6.07, 6.45) is 3.77. The molecule has 0 aliphatic carbocycles. The Morgan fingerprint density at radius 1 is 0.762 bits per heavy atom. The summed E-state index contributed by atoms with van der Waals surface area (Å²) < 4.78 is 0. The second-order valence-electron chi connectivity index (χ2n) is 4.16. The zero-order chi connectivity index (χ0) is 14.9. The molecule has 4 nitrogen and oxygen atoms in total. The highest BCUT2D eigenvalue weighted by Crippen LogP contribution is 2.17. The maximum absolute atomic E-state index is 10.1. The molecule has 0 amide bonds. The van der Waals surface area contributed by atoms with Crippen molar-refractivity contribution in [1.82, 2.24) is 9.97 Å². The minimum atomic E-state index is -1.00. The summed E-state index contributed by atoms with van der Waals surface area (Å²) in [6, 6.07) is 20.8. The number of rotatable bonds is 2. The van der Waals surface area contributed by atoms with Gasteiger partial charge in [-0.25, -0.2) is 14.8 Å². The molecule has 2 aromatic carbocycles. The van der Waals surface area contributed by atoms with E-state index in [1.165, 1.54) is 29.8 Å². The van der Waals surface area contributed by atoms with E-state index in [1.807, 2.05) is 12.1 Å². The van der Waals surface area contributed by atoms with Crippen LogP contribution in [0.5, 0.6) is 0 Å². The third kappa shape index (κ3) is 4.54. The van der Waals surface area contributed by atoms with Crippen molar-refractivity contribution in [2.45, 2.75) is 0 Å². The Hall–Kier alpha value is -3.01. The van der Waals surface area contributed by atoms with Gasteiger partial charge in [-0.15, -0.1) is 0 Å². The lowest BCUT2D eigenvalue weighted by Crippen LogP contribution is -1.96. The van der Waals surface area contributed by atoms with Gasteiger partial charge in [0.05, 0.1) is 5.56 Å². The molecule has 0 radical (unpaired) electrons. The van der Waals surface area contributed by atoms with Gasteiger partial charge in [-0.2, -0.15) is 0 Å². The second kappa shape index (κ2) is 7.55. The molecule has 3 aromatic rings. The fraction of sp³-hybridized carbons (Fsp3) is 0. The van der Waals surface area contributed by atoms with Crippen LogP contribution < -0.4 is 0 Å². The summed E-state index contributed by atoms with van der Waals surface area (Å²) in [5, 5.41) is 8.30. The van der Waals surface area contributed by atoms with Crippen molar-refractivity contribution in [3.05, 3.63) is 84.9 Å². The van der Waals surface area contributed by atoms with Crippen molar-refractivity contribution in [3.63, 3.8) is 0 Å². The topological polar surface area (TPSA) is 63.1 Å². The number of hydrogen-bond acceptors (Lipinski definition) is 3. The molecular weight excluding hydrogens is 264 g/mol. The summed E-state index contributed by atoms with van der Waals surface area (Å²) in [7, 11) is 0. The number of aromatic nitrogens is 2. The summed E-state index contributed by atoms with van der Waals surface area (Å²) in [5.74, 6) is -1.00. The third-order valence-corrected chi connectivity index (χ3v) is 2.69. The van der Waals surface area contributed by atoms with Crippen LogP contribution >= 0.6 is 0 Å². The number of benzene rings is 2. The quantitative estimate of drug-likeness (QED) is 0.779. The SMILES string of the molecule is O=C(O)c1cncnc1.c1ccc(-c2ccccc2)cc1. The van der Waals surface area contributed by atoms with Crippen LogP contribution in [0.15, 0.2) is 79.4 Å². The van der Waals surface area contributed by atoms with E-state index in [0.717, 1.165) is 0 Å². The number of carboxylic acids is 1. The fourth-order valence-corrected chi connectivity index (χ4v) is 1.67. The van der Waals surface area contributed by atoms with E-state index in [1.54, 1.807) is 0 Å².